The van der Waals surface area contributed by atoms with Crippen LogP contribution in [0.5, 0.6) is 0 Å². The molecule has 0 aliphatic carbocycles. The topological polar surface area (TPSA) is 67.3 Å². The summed E-state index contributed by atoms with van der Waals surface area (Å²) in [6.45, 7) is 0.661. The van der Waals surface area contributed by atoms with Gasteiger partial charge in [-0.05, 0) is 12.5 Å². The summed E-state index contributed by atoms with van der Waals surface area (Å²) in [5, 5.41) is 21.4. The van der Waals surface area contributed by atoms with Crippen LogP contribution < -0.4 is 5.32 Å². The third-order valence-electron chi connectivity index (χ3n) is 2.75. The Balaban J connectivity index is 2.24. The molecule has 96 valence electrons. The van der Waals surface area contributed by atoms with Gasteiger partial charge in [-0.1, -0.05) is 18.2 Å². The Morgan fingerprint density at radius 3 is 3.00 bits per heavy atom. The zero-order chi connectivity index (χ0) is 12.8. The van der Waals surface area contributed by atoms with Gasteiger partial charge >= 0.3 is 0 Å². The molecule has 0 saturated carbocycles. The largest absolute Gasteiger partial charge is 0.396 e. The molecule has 1 atom stereocenters. The van der Waals surface area contributed by atoms with Crippen molar-refractivity contribution in [2.24, 2.45) is 0 Å². The lowest BCUT2D eigenvalue weighted by Gasteiger charge is -2.18. The van der Waals surface area contributed by atoms with Crippen LogP contribution in [0.3, 0.4) is 0 Å². The predicted molar refractivity (Wildman–Crippen MR) is 70.5 cm³/mol. The molecular weight excluding hydrogens is 230 g/mol. The lowest BCUT2D eigenvalue weighted by Crippen LogP contribution is -2.26. The number of aromatic nitrogens is 2. The summed E-state index contributed by atoms with van der Waals surface area (Å²) in [5.74, 6) is 0. The van der Waals surface area contributed by atoms with Crippen molar-refractivity contribution in [2.45, 2.75) is 12.5 Å². The SMILES string of the molecule is COCC(CCO)Nc1cnnc2ccccc12. The molecule has 0 aliphatic heterocycles. The fraction of sp³-hybridized carbons (Fsp3) is 0.385. The van der Waals surface area contributed by atoms with Gasteiger partial charge in [-0.25, -0.2) is 0 Å². The highest BCUT2D eigenvalue weighted by Crippen LogP contribution is 2.20. The lowest BCUT2D eigenvalue weighted by molar-refractivity contribution is 0.170. The summed E-state index contributed by atoms with van der Waals surface area (Å²) < 4.78 is 5.13. The van der Waals surface area contributed by atoms with Crippen molar-refractivity contribution in [3.8, 4) is 0 Å². The highest BCUT2D eigenvalue weighted by molar-refractivity contribution is 5.90. The number of fused-ring (bicyclic) bond motifs is 1. The highest BCUT2D eigenvalue weighted by atomic mass is 16.5. The van der Waals surface area contributed by atoms with Crippen LogP contribution in [0, 0.1) is 0 Å². The molecule has 0 fully saturated rings. The fourth-order valence-electron chi connectivity index (χ4n) is 1.90. The molecule has 2 aromatic rings. The van der Waals surface area contributed by atoms with E-state index in [1.54, 1.807) is 13.3 Å². The molecule has 0 saturated heterocycles. The number of aliphatic hydroxyl groups excluding tert-OH is 1. The number of nitrogens with one attached hydrogen (secondary N) is 1. The number of anilines is 1. The standard InChI is InChI=1S/C13H17N3O2/c1-18-9-10(6-7-17)15-13-8-14-16-12-5-3-2-4-11(12)13/h2-5,8,10,17H,6-7,9H2,1H3,(H,15,16). The molecule has 0 amide bonds. The smallest absolute Gasteiger partial charge is 0.0950 e. The molecule has 1 unspecified atom stereocenters. The second-order valence-electron chi connectivity index (χ2n) is 4.08. The zero-order valence-electron chi connectivity index (χ0n) is 10.3. The molecule has 5 heteroatoms. The number of aliphatic hydroxyl groups is 1. The third kappa shape index (κ3) is 2.94. The first-order valence-corrected chi connectivity index (χ1v) is 5.92. The zero-order valence-corrected chi connectivity index (χ0v) is 10.3. The van der Waals surface area contributed by atoms with Gasteiger partial charge in [0.25, 0.3) is 0 Å². The molecule has 5 nitrogen and oxygen atoms in total. The Morgan fingerprint density at radius 2 is 2.22 bits per heavy atom. The van der Waals surface area contributed by atoms with Gasteiger partial charge in [0.05, 0.1) is 30.0 Å². The maximum Gasteiger partial charge on any atom is 0.0950 e. The minimum absolute atomic E-state index is 0.0626. The number of methoxy groups -OCH3 is 1. The number of ether oxygens (including phenoxy) is 1. The van der Waals surface area contributed by atoms with E-state index in [0.717, 1.165) is 16.6 Å². The molecule has 0 radical (unpaired) electrons. The average Bonchev–Trinajstić information content (AvgIpc) is 2.40. The van der Waals surface area contributed by atoms with E-state index in [1.807, 2.05) is 24.3 Å². The van der Waals surface area contributed by atoms with Crippen molar-refractivity contribution in [3.63, 3.8) is 0 Å². The number of hydrogen-bond donors (Lipinski definition) is 2. The Bertz CT molecular complexity index is 493. The molecule has 1 aromatic heterocycles. The van der Waals surface area contributed by atoms with Gasteiger partial charge in [0, 0.05) is 19.1 Å². The second-order valence-corrected chi connectivity index (χ2v) is 4.08. The molecule has 18 heavy (non-hydrogen) atoms. The van der Waals surface area contributed by atoms with E-state index in [2.05, 4.69) is 15.5 Å². The molecule has 0 bridgehead atoms. The second kappa shape index (κ2) is 6.28. The average molecular weight is 247 g/mol. The van der Waals surface area contributed by atoms with E-state index in [0.29, 0.717) is 13.0 Å². The number of rotatable bonds is 6. The molecule has 2 rings (SSSR count). The number of nitrogens with zero attached hydrogens (tertiary/aromatic N) is 2. The molecule has 0 spiro atoms. The third-order valence-corrected chi connectivity index (χ3v) is 2.75. The highest BCUT2D eigenvalue weighted by Gasteiger charge is 2.10. The van der Waals surface area contributed by atoms with Gasteiger partial charge in [-0.3, -0.25) is 0 Å². The summed E-state index contributed by atoms with van der Waals surface area (Å²) in [6, 6.07) is 7.88. The minimum Gasteiger partial charge on any atom is -0.396 e. The fourth-order valence-corrected chi connectivity index (χ4v) is 1.90. The van der Waals surface area contributed by atoms with E-state index in [-0.39, 0.29) is 12.6 Å². The van der Waals surface area contributed by atoms with Gasteiger partial charge in [-0.15, -0.1) is 0 Å². The Labute approximate surface area is 106 Å². The lowest BCUT2D eigenvalue weighted by atomic mass is 10.1. The van der Waals surface area contributed by atoms with Crippen molar-refractivity contribution in [3.05, 3.63) is 30.5 Å². The summed E-state index contributed by atoms with van der Waals surface area (Å²) in [6.07, 6.45) is 2.33. The number of hydrogen-bond acceptors (Lipinski definition) is 5. The van der Waals surface area contributed by atoms with Crippen LogP contribution in [0.4, 0.5) is 5.69 Å². The Kier molecular flexibility index (Phi) is 4.44. The van der Waals surface area contributed by atoms with E-state index in [4.69, 9.17) is 9.84 Å². The van der Waals surface area contributed by atoms with E-state index >= 15 is 0 Å². The maximum absolute atomic E-state index is 9.03. The van der Waals surface area contributed by atoms with E-state index in [1.165, 1.54) is 0 Å². The molecule has 0 aliphatic rings. The van der Waals surface area contributed by atoms with Crippen LogP contribution in [0.2, 0.25) is 0 Å². The number of benzene rings is 1. The predicted octanol–water partition coefficient (Wildman–Crippen LogP) is 1.44. The van der Waals surface area contributed by atoms with Gasteiger partial charge in [0.1, 0.15) is 0 Å². The molecule has 1 heterocycles. The quantitative estimate of drug-likeness (QED) is 0.808. The summed E-state index contributed by atoms with van der Waals surface area (Å²) in [7, 11) is 1.65. The first-order valence-electron chi connectivity index (χ1n) is 5.92. The van der Waals surface area contributed by atoms with Crippen LogP contribution in [0.25, 0.3) is 10.9 Å². The van der Waals surface area contributed by atoms with Crippen LogP contribution in [-0.4, -0.2) is 41.7 Å². The van der Waals surface area contributed by atoms with Gasteiger partial charge in [-0.2, -0.15) is 10.2 Å². The maximum atomic E-state index is 9.03. The normalized spacial score (nSPS) is 12.6. The van der Waals surface area contributed by atoms with Gasteiger partial charge in [0.15, 0.2) is 0 Å². The van der Waals surface area contributed by atoms with Crippen LogP contribution in [-0.2, 0) is 4.74 Å². The summed E-state index contributed by atoms with van der Waals surface area (Å²) >= 11 is 0. The Hall–Kier alpha value is -1.72. The summed E-state index contributed by atoms with van der Waals surface area (Å²) in [4.78, 5) is 0. The van der Waals surface area contributed by atoms with Crippen LogP contribution in [0.15, 0.2) is 30.5 Å². The van der Waals surface area contributed by atoms with Gasteiger partial charge < -0.3 is 15.2 Å². The van der Waals surface area contributed by atoms with Gasteiger partial charge in [0.2, 0.25) is 0 Å². The van der Waals surface area contributed by atoms with Crippen molar-refractivity contribution in [1.29, 1.82) is 0 Å². The van der Waals surface area contributed by atoms with Crippen molar-refractivity contribution in [1.82, 2.24) is 10.2 Å². The first-order chi connectivity index (χ1) is 8.85. The minimum atomic E-state index is 0.0626. The summed E-state index contributed by atoms with van der Waals surface area (Å²) in [5.41, 5.74) is 1.76. The van der Waals surface area contributed by atoms with E-state index < -0.39 is 0 Å². The molecular formula is C13H17N3O2. The van der Waals surface area contributed by atoms with Crippen molar-refractivity contribution >= 4 is 16.6 Å². The van der Waals surface area contributed by atoms with Crippen molar-refractivity contribution in [2.75, 3.05) is 25.6 Å². The molecule has 1 aromatic carbocycles. The van der Waals surface area contributed by atoms with E-state index in [9.17, 15) is 0 Å². The van der Waals surface area contributed by atoms with Crippen molar-refractivity contribution < 1.29 is 9.84 Å². The Morgan fingerprint density at radius 1 is 1.39 bits per heavy atom. The van der Waals surface area contributed by atoms with Crippen LogP contribution >= 0.6 is 0 Å². The monoisotopic (exact) mass is 247 g/mol. The first kappa shape index (κ1) is 12.7. The molecule has 2 N–H and O–H groups in total. The van der Waals surface area contributed by atoms with Crippen LogP contribution in [0.1, 0.15) is 6.42 Å².